The molecular weight excluding hydrogens is 466 g/mol. The standard InChI is InChI=1S/C22H21N3O10/c1-4-33-20(27)12(2)34-17-7-5-14(25(30)31)9-13(17)10-16-19(26)24(22(29)23-16)11-15-6-8-18(35-15)21(28)32-3/h5-10,12H,4,11H2,1-3H3,(H,23,29). The number of non-ortho nitro benzene ring substituents is 1. The lowest BCUT2D eigenvalue weighted by Gasteiger charge is -2.15. The molecule has 13 heteroatoms. The number of imide groups is 1. The van der Waals surface area contributed by atoms with Gasteiger partial charge in [-0.25, -0.2) is 14.4 Å². The topological polar surface area (TPSA) is 168 Å². The molecule has 3 amide bonds. The summed E-state index contributed by atoms with van der Waals surface area (Å²) in [4.78, 5) is 60.2. The minimum Gasteiger partial charge on any atom is -0.478 e. The molecule has 0 radical (unpaired) electrons. The summed E-state index contributed by atoms with van der Waals surface area (Å²) in [7, 11) is 1.18. The number of esters is 2. The van der Waals surface area contributed by atoms with E-state index < -0.39 is 34.9 Å². The first-order valence-electron chi connectivity index (χ1n) is 10.3. The van der Waals surface area contributed by atoms with Gasteiger partial charge < -0.3 is 23.9 Å². The Morgan fingerprint density at radius 1 is 1.26 bits per heavy atom. The molecule has 1 atom stereocenters. The number of nitrogens with zero attached hydrogens (tertiary/aromatic N) is 2. The van der Waals surface area contributed by atoms with Gasteiger partial charge in [0.25, 0.3) is 11.6 Å². The van der Waals surface area contributed by atoms with E-state index in [-0.39, 0.29) is 47.4 Å². The van der Waals surface area contributed by atoms with Crippen molar-refractivity contribution in [2.24, 2.45) is 0 Å². The molecule has 184 valence electrons. The number of carbonyl (C=O) groups excluding carboxylic acids is 4. The van der Waals surface area contributed by atoms with Gasteiger partial charge in [0.15, 0.2) is 6.10 Å². The van der Waals surface area contributed by atoms with Gasteiger partial charge in [-0.15, -0.1) is 0 Å². The molecule has 1 aliphatic heterocycles. The zero-order valence-corrected chi connectivity index (χ0v) is 18.9. The number of hydrogen-bond donors (Lipinski definition) is 1. The Kier molecular flexibility index (Phi) is 7.49. The number of rotatable bonds is 9. The zero-order chi connectivity index (χ0) is 25.7. The van der Waals surface area contributed by atoms with Crippen LogP contribution in [0.15, 0.2) is 40.4 Å². The number of nitrogens with one attached hydrogen (secondary N) is 1. The van der Waals surface area contributed by atoms with Gasteiger partial charge in [0.1, 0.15) is 17.2 Å². The predicted molar refractivity (Wildman–Crippen MR) is 117 cm³/mol. The Morgan fingerprint density at radius 2 is 2.00 bits per heavy atom. The highest BCUT2D eigenvalue weighted by atomic mass is 16.6. The minimum atomic E-state index is -1.04. The van der Waals surface area contributed by atoms with Crippen LogP contribution >= 0.6 is 0 Å². The highest BCUT2D eigenvalue weighted by molar-refractivity contribution is 6.14. The third-order valence-electron chi connectivity index (χ3n) is 4.75. The number of ether oxygens (including phenoxy) is 3. The molecule has 3 rings (SSSR count). The second-order valence-electron chi connectivity index (χ2n) is 7.13. The lowest BCUT2D eigenvalue weighted by Crippen LogP contribution is -2.30. The predicted octanol–water partition coefficient (Wildman–Crippen LogP) is 2.40. The fourth-order valence-corrected chi connectivity index (χ4v) is 3.07. The monoisotopic (exact) mass is 487 g/mol. The summed E-state index contributed by atoms with van der Waals surface area (Å²) in [6.07, 6.45) is 0.157. The van der Waals surface area contributed by atoms with Crippen molar-refractivity contribution in [3.05, 3.63) is 63.2 Å². The number of amides is 3. The van der Waals surface area contributed by atoms with E-state index in [0.29, 0.717) is 0 Å². The van der Waals surface area contributed by atoms with Crippen molar-refractivity contribution in [2.75, 3.05) is 13.7 Å². The van der Waals surface area contributed by atoms with Crippen molar-refractivity contribution in [1.29, 1.82) is 0 Å². The van der Waals surface area contributed by atoms with Crippen LogP contribution in [0.1, 0.15) is 35.7 Å². The molecule has 35 heavy (non-hydrogen) atoms. The van der Waals surface area contributed by atoms with Gasteiger partial charge in [-0.05, 0) is 38.1 Å². The maximum atomic E-state index is 12.9. The maximum absolute atomic E-state index is 12.9. The van der Waals surface area contributed by atoms with Gasteiger partial charge >= 0.3 is 18.0 Å². The molecule has 1 saturated heterocycles. The van der Waals surface area contributed by atoms with Gasteiger partial charge in [-0.1, -0.05) is 0 Å². The Bertz CT molecular complexity index is 1220. The van der Waals surface area contributed by atoms with Crippen molar-refractivity contribution in [2.45, 2.75) is 26.5 Å². The van der Waals surface area contributed by atoms with Crippen molar-refractivity contribution < 1.29 is 42.7 Å². The van der Waals surface area contributed by atoms with E-state index in [1.165, 1.54) is 44.4 Å². The smallest absolute Gasteiger partial charge is 0.373 e. The van der Waals surface area contributed by atoms with Crippen LogP contribution in [0.4, 0.5) is 10.5 Å². The summed E-state index contributed by atoms with van der Waals surface area (Å²) >= 11 is 0. The van der Waals surface area contributed by atoms with Crippen LogP contribution < -0.4 is 10.1 Å². The Hall–Kier alpha value is -4.68. The molecule has 1 aliphatic rings. The summed E-state index contributed by atoms with van der Waals surface area (Å²) in [5.74, 6) is -2.01. The summed E-state index contributed by atoms with van der Waals surface area (Å²) in [6, 6.07) is 5.57. The molecule has 1 fully saturated rings. The largest absolute Gasteiger partial charge is 0.478 e. The molecule has 0 saturated carbocycles. The van der Waals surface area contributed by atoms with E-state index in [9.17, 15) is 29.3 Å². The molecule has 0 aliphatic carbocycles. The van der Waals surface area contributed by atoms with Crippen molar-refractivity contribution in [3.63, 3.8) is 0 Å². The van der Waals surface area contributed by atoms with E-state index in [1.54, 1.807) is 6.92 Å². The van der Waals surface area contributed by atoms with Crippen LogP contribution in [-0.2, 0) is 25.6 Å². The second-order valence-corrected chi connectivity index (χ2v) is 7.13. The molecule has 13 nitrogen and oxygen atoms in total. The first-order valence-corrected chi connectivity index (χ1v) is 10.3. The minimum absolute atomic E-state index is 0.0536. The first-order chi connectivity index (χ1) is 16.6. The lowest BCUT2D eigenvalue weighted by atomic mass is 10.1. The highest BCUT2D eigenvalue weighted by Gasteiger charge is 2.35. The molecular formula is C22H21N3O10. The summed E-state index contributed by atoms with van der Waals surface area (Å²) in [5, 5.41) is 13.6. The van der Waals surface area contributed by atoms with E-state index in [2.05, 4.69) is 10.1 Å². The SMILES string of the molecule is CCOC(=O)C(C)Oc1ccc([N+](=O)[O-])cc1C=C1NC(=O)N(Cc2ccc(C(=O)OC)o2)C1=O. The molecule has 2 aromatic rings. The van der Waals surface area contributed by atoms with Crippen LogP contribution in [0, 0.1) is 10.1 Å². The van der Waals surface area contributed by atoms with E-state index in [1.807, 2.05) is 0 Å². The van der Waals surface area contributed by atoms with Crippen LogP contribution in [0.3, 0.4) is 0 Å². The molecule has 1 unspecified atom stereocenters. The number of hydrogen-bond acceptors (Lipinski definition) is 10. The van der Waals surface area contributed by atoms with E-state index >= 15 is 0 Å². The Morgan fingerprint density at radius 3 is 2.66 bits per heavy atom. The summed E-state index contributed by atoms with van der Waals surface area (Å²) < 4.78 is 20.3. The van der Waals surface area contributed by atoms with Gasteiger partial charge in [0, 0.05) is 17.7 Å². The molecule has 1 aromatic carbocycles. The second kappa shape index (κ2) is 10.5. The highest BCUT2D eigenvalue weighted by Crippen LogP contribution is 2.29. The van der Waals surface area contributed by atoms with Crippen molar-refractivity contribution in [3.8, 4) is 5.75 Å². The molecule has 0 bridgehead atoms. The quantitative estimate of drug-likeness (QED) is 0.182. The average molecular weight is 487 g/mol. The number of nitro benzene ring substituents is 1. The number of nitro groups is 1. The summed E-state index contributed by atoms with van der Waals surface area (Å²) in [6.45, 7) is 2.92. The number of methoxy groups -OCH3 is 1. The van der Waals surface area contributed by atoms with Gasteiger partial charge in [0.2, 0.25) is 5.76 Å². The third kappa shape index (κ3) is 5.63. The number of urea groups is 1. The van der Waals surface area contributed by atoms with Crippen LogP contribution in [-0.4, -0.2) is 53.5 Å². The van der Waals surface area contributed by atoms with E-state index in [4.69, 9.17) is 13.9 Å². The number of carbonyl (C=O) groups is 4. The Balaban J connectivity index is 1.87. The van der Waals surface area contributed by atoms with E-state index in [0.717, 1.165) is 11.0 Å². The Labute approximate surface area is 198 Å². The fourth-order valence-electron chi connectivity index (χ4n) is 3.07. The van der Waals surface area contributed by atoms with Gasteiger partial charge in [0.05, 0.1) is 25.2 Å². The number of furan rings is 1. The van der Waals surface area contributed by atoms with Crippen LogP contribution in [0.5, 0.6) is 5.75 Å². The third-order valence-corrected chi connectivity index (χ3v) is 4.75. The molecule has 2 heterocycles. The average Bonchev–Trinajstić information content (AvgIpc) is 3.40. The van der Waals surface area contributed by atoms with Crippen LogP contribution in [0.25, 0.3) is 6.08 Å². The van der Waals surface area contributed by atoms with Crippen molar-refractivity contribution >= 4 is 35.6 Å². The fraction of sp³-hybridized carbons (Fsp3) is 0.273. The molecule has 1 aromatic heterocycles. The molecule has 1 N–H and O–H groups in total. The van der Waals surface area contributed by atoms with Crippen LogP contribution in [0.2, 0.25) is 0 Å². The van der Waals surface area contributed by atoms with Crippen molar-refractivity contribution in [1.82, 2.24) is 10.2 Å². The molecule has 0 spiro atoms. The van der Waals surface area contributed by atoms with Gasteiger partial charge in [-0.3, -0.25) is 19.8 Å². The number of benzene rings is 1. The summed E-state index contributed by atoms with van der Waals surface area (Å²) in [5.41, 5.74) is -0.414. The zero-order valence-electron chi connectivity index (χ0n) is 18.9. The van der Waals surface area contributed by atoms with Gasteiger partial charge in [-0.2, -0.15) is 0 Å². The first kappa shape index (κ1) is 25.0. The normalized spacial score (nSPS) is 15.1. The maximum Gasteiger partial charge on any atom is 0.373 e. The lowest BCUT2D eigenvalue weighted by molar-refractivity contribution is -0.384.